The molecule has 0 unspecified atom stereocenters. The first-order chi connectivity index (χ1) is 9.10. The summed E-state index contributed by atoms with van der Waals surface area (Å²) >= 11 is 3.31. The molecule has 0 atom stereocenters. The highest BCUT2D eigenvalue weighted by molar-refractivity contribution is 9.10. The lowest BCUT2D eigenvalue weighted by molar-refractivity contribution is -0.385. The average Bonchev–Trinajstić information content (AvgIpc) is 2.38. The van der Waals surface area contributed by atoms with Gasteiger partial charge in [0, 0.05) is 16.6 Å². The van der Waals surface area contributed by atoms with Gasteiger partial charge < -0.3 is 4.74 Å². The van der Waals surface area contributed by atoms with Gasteiger partial charge in [-0.25, -0.2) is 0 Å². The summed E-state index contributed by atoms with van der Waals surface area (Å²) in [7, 11) is 0. The summed E-state index contributed by atoms with van der Waals surface area (Å²) in [6, 6.07) is 13.0. The molecule has 0 aromatic heterocycles. The number of nitriles is 1. The van der Waals surface area contributed by atoms with Crippen LogP contribution < -0.4 is 4.74 Å². The second-order valence-corrected chi connectivity index (χ2v) is 4.52. The summed E-state index contributed by atoms with van der Waals surface area (Å²) in [4.78, 5) is 10.1. The van der Waals surface area contributed by atoms with Crippen molar-refractivity contribution >= 4 is 21.6 Å². The van der Waals surface area contributed by atoms with Gasteiger partial charge in [-0.15, -0.1) is 0 Å². The van der Waals surface area contributed by atoms with E-state index in [-0.39, 0.29) is 11.3 Å². The minimum absolute atomic E-state index is 0.0301. The Kier molecular flexibility index (Phi) is 3.78. The van der Waals surface area contributed by atoms with Gasteiger partial charge in [-0.1, -0.05) is 22.0 Å². The molecule has 0 saturated carbocycles. The van der Waals surface area contributed by atoms with Crippen LogP contribution in [0.15, 0.2) is 46.9 Å². The van der Waals surface area contributed by atoms with Gasteiger partial charge in [-0.2, -0.15) is 5.26 Å². The molecule has 0 radical (unpaired) electrons. The van der Waals surface area contributed by atoms with Crippen LogP contribution in [0.1, 0.15) is 5.56 Å². The smallest absolute Gasteiger partial charge is 0.287 e. The lowest BCUT2D eigenvalue weighted by Crippen LogP contribution is -1.93. The molecule has 0 fully saturated rings. The largest absolute Gasteiger partial charge is 0.457 e. The summed E-state index contributed by atoms with van der Waals surface area (Å²) in [6.07, 6.45) is 0. The van der Waals surface area contributed by atoms with Crippen molar-refractivity contribution in [2.24, 2.45) is 0 Å². The maximum Gasteiger partial charge on any atom is 0.287 e. The highest BCUT2D eigenvalue weighted by Crippen LogP contribution is 2.28. The molecule has 19 heavy (non-hydrogen) atoms. The lowest BCUT2D eigenvalue weighted by atomic mass is 10.2. The quantitative estimate of drug-likeness (QED) is 0.632. The van der Waals surface area contributed by atoms with Crippen LogP contribution in [-0.2, 0) is 0 Å². The van der Waals surface area contributed by atoms with E-state index in [1.54, 1.807) is 24.3 Å². The highest BCUT2D eigenvalue weighted by atomic mass is 79.9. The Balaban J connectivity index is 2.32. The number of nitro groups is 1. The number of hydrogen-bond donors (Lipinski definition) is 0. The fourth-order valence-electron chi connectivity index (χ4n) is 1.49. The molecule has 0 saturated heterocycles. The van der Waals surface area contributed by atoms with Gasteiger partial charge >= 0.3 is 0 Å². The molecule has 2 aromatic carbocycles. The van der Waals surface area contributed by atoms with E-state index >= 15 is 0 Å². The normalized spacial score (nSPS) is 9.68. The predicted molar refractivity (Wildman–Crippen MR) is 72.0 cm³/mol. The Morgan fingerprint density at radius 1 is 1.21 bits per heavy atom. The minimum Gasteiger partial charge on any atom is -0.457 e. The molecule has 0 N–H and O–H groups in total. The van der Waals surface area contributed by atoms with Crippen molar-refractivity contribution in [2.45, 2.75) is 0 Å². The maximum atomic E-state index is 10.7. The van der Waals surface area contributed by atoms with Crippen molar-refractivity contribution in [1.29, 1.82) is 5.26 Å². The first-order valence-corrected chi connectivity index (χ1v) is 6.01. The molecular weight excluding hydrogens is 312 g/mol. The van der Waals surface area contributed by atoms with Gasteiger partial charge in [0.05, 0.1) is 4.92 Å². The van der Waals surface area contributed by atoms with Crippen molar-refractivity contribution in [3.8, 4) is 17.6 Å². The van der Waals surface area contributed by atoms with Crippen LogP contribution >= 0.6 is 15.9 Å². The van der Waals surface area contributed by atoms with Crippen molar-refractivity contribution in [3.05, 3.63) is 62.6 Å². The van der Waals surface area contributed by atoms with Crippen LogP contribution in [-0.4, -0.2) is 4.92 Å². The second kappa shape index (κ2) is 5.50. The van der Waals surface area contributed by atoms with Crippen molar-refractivity contribution in [2.75, 3.05) is 0 Å². The Bertz CT molecular complexity index is 680. The Labute approximate surface area is 117 Å². The van der Waals surface area contributed by atoms with Crippen molar-refractivity contribution in [1.82, 2.24) is 0 Å². The Hall–Kier alpha value is -2.39. The molecular formula is C13H7BrN2O3. The minimum atomic E-state index is -0.596. The highest BCUT2D eigenvalue weighted by Gasteiger charge is 2.14. The number of nitro benzene ring substituents is 1. The standard InChI is InChI=1S/C13H7BrN2O3/c14-10-2-1-3-11(7-10)19-12-4-5-13(16(17)18)9(6-12)8-15/h1-7H. The summed E-state index contributed by atoms with van der Waals surface area (Å²) in [6.45, 7) is 0. The fraction of sp³-hybridized carbons (Fsp3) is 0. The van der Waals surface area contributed by atoms with Crippen LogP contribution in [0.5, 0.6) is 11.5 Å². The maximum absolute atomic E-state index is 10.7. The molecule has 5 nitrogen and oxygen atoms in total. The lowest BCUT2D eigenvalue weighted by Gasteiger charge is -2.06. The predicted octanol–water partition coefficient (Wildman–Crippen LogP) is 4.02. The number of rotatable bonds is 3. The summed E-state index contributed by atoms with van der Waals surface area (Å²) in [5, 5.41) is 19.6. The van der Waals surface area contributed by atoms with Crippen LogP contribution in [0.2, 0.25) is 0 Å². The Morgan fingerprint density at radius 3 is 2.58 bits per heavy atom. The van der Waals surface area contributed by atoms with E-state index in [2.05, 4.69) is 15.9 Å². The average molecular weight is 319 g/mol. The molecule has 0 heterocycles. The van der Waals surface area contributed by atoms with E-state index in [9.17, 15) is 10.1 Å². The third-order valence-electron chi connectivity index (χ3n) is 2.32. The third kappa shape index (κ3) is 3.09. The van der Waals surface area contributed by atoms with Crippen LogP contribution in [0, 0.1) is 21.4 Å². The van der Waals surface area contributed by atoms with E-state index in [1.165, 1.54) is 18.2 Å². The van der Waals surface area contributed by atoms with E-state index < -0.39 is 4.92 Å². The van der Waals surface area contributed by atoms with Crippen LogP contribution in [0.25, 0.3) is 0 Å². The van der Waals surface area contributed by atoms with E-state index in [4.69, 9.17) is 10.00 Å². The van der Waals surface area contributed by atoms with Gasteiger partial charge in [-0.3, -0.25) is 10.1 Å². The van der Waals surface area contributed by atoms with E-state index in [1.807, 2.05) is 6.07 Å². The molecule has 2 rings (SSSR count). The number of benzene rings is 2. The van der Waals surface area contributed by atoms with E-state index in [0.717, 1.165) is 4.47 Å². The third-order valence-corrected chi connectivity index (χ3v) is 2.81. The van der Waals surface area contributed by atoms with Crippen LogP contribution in [0.4, 0.5) is 5.69 Å². The molecule has 0 amide bonds. The van der Waals surface area contributed by atoms with Gasteiger partial charge in [-0.05, 0) is 24.3 Å². The first kappa shape index (κ1) is 13.1. The molecule has 0 aliphatic carbocycles. The number of nitrogens with zero attached hydrogens (tertiary/aromatic N) is 2. The van der Waals surface area contributed by atoms with Gasteiger partial charge in [0.1, 0.15) is 23.1 Å². The molecule has 0 aliphatic heterocycles. The monoisotopic (exact) mass is 318 g/mol. The number of hydrogen-bond acceptors (Lipinski definition) is 4. The first-order valence-electron chi connectivity index (χ1n) is 5.22. The zero-order chi connectivity index (χ0) is 13.8. The topological polar surface area (TPSA) is 76.2 Å². The fourth-order valence-corrected chi connectivity index (χ4v) is 1.87. The van der Waals surface area contributed by atoms with E-state index in [0.29, 0.717) is 11.5 Å². The van der Waals surface area contributed by atoms with Gasteiger partial charge in [0.25, 0.3) is 5.69 Å². The van der Waals surface area contributed by atoms with Crippen molar-refractivity contribution in [3.63, 3.8) is 0 Å². The molecule has 2 aromatic rings. The van der Waals surface area contributed by atoms with Gasteiger partial charge in [0.15, 0.2) is 0 Å². The SMILES string of the molecule is N#Cc1cc(Oc2cccc(Br)c2)ccc1[N+](=O)[O-]. The zero-order valence-corrected chi connectivity index (χ0v) is 11.1. The van der Waals surface area contributed by atoms with Gasteiger partial charge in [0.2, 0.25) is 0 Å². The van der Waals surface area contributed by atoms with Crippen molar-refractivity contribution < 1.29 is 9.66 Å². The molecule has 0 aliphatic rings. The summed E-state index contributed by atoms with van der Waals surface area (Å²) in [5.41, 5.74) is -0.262. The summed E-state index contributed by atoms with van der Waals surface area (Å²) < 4.78 is 6.39. The molecule has 0 spiro atoms. The zero-order valence-electron chi connectivity index (χ0n) is 9.54. The Morgan fingerprint density at radius 2 is 1.95 bits per heavy atom. The second-order valence-electron chi connectivity index (χ2n) is 3.61. The summed E-state index contributed by atoms with van der Waals surface area (Å²) in [5.74, 6) is 0.951. The number of halogens is 1. The molecule has 6 heteroatoms. The molecule has 94 valence electrons. The molecule has 0 bridgehead atoms. The number of ether oxygens (including phenoxy) is 1. The van der Waals surface area contributed by atoms with Crippen LogP contribution in [0.3, 0.4) is 0 Å².